The van der Waals surface area contributed by atoms with Crippen molar-refractivity contribution >= 4 is 12.7 Å². The summed E-state index contributed by atoms with van der Waals surface area (Å²) in [6.45, 7) is 5.80. The van der Waals surface area contributed by atoms with Crippen molar-refractivity contribution in [2.24, 2.45) is 4.99 Å². The van der Waals surface area contributed by atoms with Crippen LogP contribution in [0.1, 0.15) is 26.2 Å². The van der Waals surface area contributed by atoms with Gasteiger partial charge >= 0.3 is 5.97 Å². The molecule has 26 heavy (non-hydrogen) atoms. The first kappa shape index (κ1) is 19.1. The molecule has 0 radical (unpaired) electrons. The van der Waals surface area contributed by atoms with Gasteiger partial charge in [0, 0.05) is 6.20 Å². The molecule has 0 saturated heterocycles. The summed E-state index contributed by atoms with van der Waals surface area (Å²) in [5, 5.41) is 15.6. The van der Waals surface area contributed by atoms with Crippen LogP contribution in [0.2, 0.25) is 0 Å². The van der Waals surface area contributed by atoms with E-state index >= 15 is 0 Å². The molecular weight excluding hydrogens is 332 g/mol. The average molecular weight is 354 g/mol. The summed E-state index contributed by atoms with van der Waals surface area (Å²) in [4.78, 5) is 18.6. The summed E-state index contributed by atoms with van der Waals surface area (Å²) >= 11 is 0. The Balaban J connectivity index is 1.70. The number of allylic oxidation sites excluding steroid dienone is 3. The van der Waals surface area contributed by atoms with E-state index in [4.69, 9.17) is 9.84 Å². The molecule has 0 atom stereocenters. The lowest BCUT2D eigenvalue weighted by Crippen LogP contribution is -1.98. The highest BCUT2D eigenvalue weighted by Gasteiger charge is 2.02. The molecule has 0 unspecified atom stereocenters. The minimum absolute atomic E-state index is 0.0567. The zero-order valence-electron chi connectivity index (χ0n) is 14.7. The van der Waals surface area contributed by atoms with E-state index in [9.17, 15) is 4.79 Å². The van der Waals surface area contributed by atoms with Crippen LogP contribution in [0.4, 0.5) is 0 Å². The Bertz CT molecular complexity index is 778. The number of aliphatic imine (C=N–C) groups is 1. The van der Waals surface area contributed by atoms with Gasteiger partial charge in [-0.1, -0.05) is 11.6 Å². The van der Waals surface area contributed by atoms with Crippen molar-refractivity contribution in [3.05, 3.63) is 54.0 Å². The standard InChI is InChI=1S/C19H22N4O3/c1-14(6-8-18(20-2)19(24)25)5-3-4-12-26-15-7-9-16(21-13-15)17-10-11-22-23-17/h6-11,13H,2-5,12H2,1H3,(H,22,23)(H,24,25)/b14-6+,18-8-. The van der Waals surface area contributed by atoms with Crippen molar-refractivity contribution in [3.8, 4) is 17.1 Å². The fourth-order valence-corrected chi connectivity index (χ4v) is 2.22. The number of unbranched alkanes of at least 4 members (excludes halogenated alkanes) is 1. The van der Waals surface area contributed by atoms with Gasteiger partial charge in [0.25, 0.3) is 0 Å². The Morgan fingerprint density at radius 2 is 2.19 bits per heavy atom. The zero-order chi connectivity index (χ0) is 18.8. The molecule has 0 aliphatic carbocycles. The van der Waals surface area contributed by atoms with Crippen LogP contribution in [0.5, 0.6) is 5.75 Å². The quantitative estimate of drug-likeness (QED) is 0.294. The number of aromatic amines is 1. The number of nitrogens with zero attached hydrogens (tertiary/aromatic N) is 3. The summed E-state index contributed by atoms with van der Waals surface area (Å²) in [5.74, 6) is -0.351. The molecule has 2 aromatic heterocycles. The Labute approximate surface area is 152 Å². The van der Waals surface area contributed by atoms with Crippen LogP contribution in [-0.4, -0.2) is 39.6 Å². The van der Waals surface area contributed by atoms with Crippen molar-refractivity contribution in [3.63, 3.8) is 0 Å². The van der Waals surface area contributed by atoms with E-state index in [0.29, 0.717) is 6.61 Å². The maximum atomic E-state index is 10.8. The fourth-order valence-electron chi connectivity index (χ4n) is 2.22. The highest BCUT2D eigenvalue weighted by molar-refractivity contribution is 5.87. The largest absolute Gasteiger partial charge is 0.492 e. The summed E-state index contributed by atoms with van der Waals surface area (Å²) in [6.07, 6.45) is 9.31. The van der Waals surface area contributed by atoms with E-state index in [0.717, 1.165) is 42.0 Å². The van der Waals surface area contributed by atoms with E-state index in [-0.39, 0.29) is 5.70 Å². The van der Waals surface area contributed by atoms with Crippen LogP contribution in [0.25, 0.3) is 11.4 Å². The van der Waals surface area contributed by atoms with Gasteiger partial charge in [0.2, 0.25) is 0 Å². The van der Waals surface area contributed by atoms with Crippen molar-refractivity contribution in [2.75, 3.05) is 6.61 Å². The number of aliphatic carboxylic acids is 1. The lowest BCUT2D eigenvalue weighted by Gasteiger charge is -2.06. The van der Waals surface area contributed by atoms with Crippen LogP contribution in [0.15, 0.2) is 59.0 Å². The number of carboxylic acid groups (broad SMARTS) is 1. The second-order valence-corrected chi connectivity index (χ2v) is 5.68. The number of carboxylic acids is 1. The van der Waals surface area contributed by atoms with Gasteiger partial charge in [0.15, 0.2) is 0 Å². The van der Waals surface area contributed by atoms with Crippen LogP contribution in [0.3, 0.4) is 0 Å². The van der Waals surface area contributed by atoms with E-state index in [1.807, 2.05) is 25.1 Å². The molecule has 0 fully saturated rings. The van der Waals surface area contributed by atoms with Gasteiger partial charge in [-0.2, -0.15) is 5.10 Å². The van der Waals surface area contributed by atoms with Crippen molar-refractivity contribution in [1.29, 1.82) is 0 Å². The third-order valence-electron chi connectivity index (χ3n) is 3.66. The SMILES string of the molecule is C=N/C(=C\C=C(/C)CCCCOc1ccc(-c2ccn[nH]2)nc1)C(=O)O. The number of hydrogen-bond acceptors (Lipinski definition) is 5. The number of ether oxygens (including phenoxy) is 1. The zero-order valence-corrected chi connectivity index (χ0v) is 14.7. The Morgan fingerprint density at radius 3 is 2.81 bits per heavy atom. The molecule has 7 nitrogen and oxygen atoms in total. The van der Waals surface area contributed by atoms with E-state index in [1.165, 1.54) is 6.08 Å². The molecule has 0 aliphatic rings. The third kappa shape index (κ3) is 6.01. The second-order valence-electron chi connectivity index (χ2n) is 5.68. The molecule has 2 N–H and O–H groups in total. The molecule has 136 valence electrons. The molecule has 7 heteroatoms. The first-order valence-corrected chi connectivity index (χ1v) is 8.26. The molecule has 2 aromatic rings. The third-order valence-corrected chi connectivity index (χ3v) is 3.66. The van der Waals surface area contributed by atoms with Gasteiger partial charge in [-0.3, -0.25) is 15.1 Å². The number of pyridine rings is 1. The number of rotatable bonds is 10. The van der Waals surface area contributed by atoms with Gasteiger partial charge in [0.1, 0.15) is 11.4 Å². The number of nitrogens with one attached hydrogen (secondary N) is 1. The number of carbonyl (C=O) groups is 1. The minimum atomic E-state index is -1.08. The predicted molar refractivity (Wildman–Crippen MR) is 100 cm³/mol. The molecule has 0 spiro atoms. The Morgan fingerprint density at radius 1 is 1.35 bits per heavy atom. The first-order valence-electron chi connectivity index (χ1n) is 8.26. The van der Waals surface area contributed by atoms with E-state index in [1.54, 1.807) is 18.5 Å². The summed E-state index contributed by atoms with van der Waals surface area (Å²) < 4.78 is 5.69. The smallest absolute Gasteiger partial charge is 0.354 e. The highest BCUT2D eigenvalue weighted by Crippen LogP contribution is 2.17. The molecule has 0 bridgehead atoms. The number of H-pyrrole nitrogens is 1. The monoisotopic (exact) mass is 354 g/mol. The Kier molecular flexibility index (Phi) is 7.30. The highest BCUT2D eigenvalue weighted by atomic mass is 16.5. The van der Waals surface area contributed by atoms with Gasteiger partial charge in [-0.05, 0) is 57.2 Å². The molecular formula is C19H22N4O3. The molecule has 0 aromatic carbocycles. The molecule has 0 aliphatic heterocycles. The van der Waals surface area contributed by atoms with Crippen LogP contribution >= 0.6 is 0 Å². The van der Waals surface area contributed by atoms with Crippen molar-refractivity contribution in [2.45, 2.75) is 26.2 Å². The summed E-state index contributed by atoms with van der Waals surface area (Å²) in [6, 6.07) is 5.63. The maximum Gasteiger partial charge on any atom is 0.354 e. The second kappa shape index (κ2) is 9.93. The molecule has 0 saturated carbocycles. The molecule has 2 heterocycles. The number of aromatic nitrogens is 3. The minimum Gasteiger partial charge on any atom is -0.492 e. The van der Waals surface area contributed by atoms with E-state index in [2.05, 4.69) is 26.9 Å². The van der Waals surface area contributed by atoms with E-state index < -0.39 is 5.97 Å². The predicted octanol–water partition coefficient (Wildman–Crippen LogP) is 3.64. The fraction of sp³-hybridized carbons (Fsp3) is 0.263. The van der Waals surface area contributed by atoms with Gasteiger partial charge in [-0.15, -0.1) is 0 Å². The first-order chi connectivity index (χ1) is 12.6. The topological polar surface area (TPSA) is 100 Å². The lowest BCUT2D eigenvalue weighted by atomic mass is 10.1. The van der Waals surface area contributed by atoms with Crippen molar-refractivity contribution < 1.29 is 14.6 Å². The van der Waals surface area contributed by atoms with Gasteiger partial charge < -0.3 is 9.84 Å². The van der Waals surface area contributed by atoms with Crippen LogP contribution in [-0.2, 0) is 4.79 Å². The summed E-state index contributed by atoms with van der Waals surface area (Å²) in [5.41, 5.74) is 2.71. The molecule has 2 rings (SSSR count). The van der Waals surface area contributed by atoms with Crippen LogP contribution < -0.4 is 4.74 Å². The normalized spacial score (nSPS) is 12.0. The average Bonchev–Trinajstić information content (AvgIpc) is 3.17. The van der Waals surface area contributed by atoms with Gasteiger partial charge in [-0.25, -0.2) is 4.79 Å². The van der Waals surface area contributed by atoms with Gasteiger partial charge in [0.05, 0.1) is 24.2 Å². The number of hydrogen-bond donors (Lipinski definition) is 2. The van der Waals surface area contributed by atoms with Crippen molar-refractivity contribution in [1.82, 2.24) is 15.2 Å². The molecule has 0 amide bonds. The Hall–Kier alpha value is -3.22. The van der Waals surface area contributed by atoms with Crippen LogP contribution in [0, 0.1) is 0 Å². The lowest BCUT2D eigenvalue weighted by molar-refractivity contribution is -0.132. The maximum absolute atomic E-state index is 10.8. The summed E-state index contributed by atoms with van der Waals surface area (Å²) in [7, 11) is 0.